The molecule has 0 radical (unpaired) electrons. The summed E-state index contributed by atoms with van der Waals surface area (Å²) in [5.41, 5.74) is 4.46. The average Bonchev–Trinajstić information content (AvgIpc) is 2.64. The highest BCUT2D eigenvalue weighted by molar-refractivity contribution is 6.01. The molecule has 0 atom stereocenters. The Hall–Kier alpha value is -2.81. The predicted molar refractivity (Wildman–Crippen MR) is 83.1 cm³/mol. The first kappa shape index (κ1) is 13.2. The van der Waals surface area contributed by atoms with Crippen LogP contribution in [0.4, 0.5) is 0 Å². The molecule has 0 aliphatic heterocycles. The highest BCUT2D eigenvalue weighted by Crippen LogP contribution is 2.35. The molecule has 0 saturated heterocycles. The molecule has 0 unspecified atom stereocenters. The Morgan fingerprint density at radius 2 is 1.76 bits per heavy atom. The van der Waals surface area contributed by atoms with E-state index in [1.165, 1.54) is 6.08 Å². The van der Waals surface area contributed by atoms with Crippen LogP contribution in [0, 0.1) is 0 Å². The minimum absolute atomic E-state index is 0.709. The Balaban J connectivity index is 2.29. The minimum Gasteiger partial charge on any atom is -0.497 e. The average molecular weight is 278 g/mol. The van der Waals surface area contributed by atoms with Gasteiger partial charge in [-0.1, -0.05) is 42.5 Å². The van der Waals surface area contributed by atoms with Crippen molar-refractivity contribution in [2.24, 2.45) is 0 Å². The molecule has 21 heavy (non-hydrogen) atoms. The van der Waals surface area contributed by atoms with E-state index in [9.17, 15) is 9.90 Å². The Bertz CT molecular complexity index is 770. The maximum atomic E-state index is 11.2. The Kier molecular flexibility index (Phi) is 3.32. The fraction of sp³-hybridized carbons (Fsp3) is 0.0556. The second-order valence-electron chi connectivity index (χ2n) is 4.77. The zero-order valence-electron chi connectivity index (χ0n) is 11.5. The molecule has 3 nitrogen and oxygen atoms in total. The van der Waals surface area contributed by atoms with Gasteiger partial charge in [0.2, 0.25) is 0 Å². The van der Waals surface area contributed by atoms with Crippen molar-refractivity contribution in [2.75, 3.05) is 7.11 Å². The molecule has 0 spiro atoms. The van der Waals surface area contributed by atoms with Gasteiger partial charge in [-0.15, -0.1) is 0 Å². The summed E-state index contributed by atoms with van der Waals surface area (Å²) < 4.78 is 5.24. The highest BCUT2D eigenvalue weighted by atomic mass is 16.5. The fourth-order valence-corrected chi connectivity index (χ4v) is 2.54. The van der Waals surface area contributed by atoms with Crippen molar-refractivity contribution in [3.8, 4) is 5.75 Å². The van der Waals surface area contributed by atoms with E-state index in [4.69, 9.17) is 4.74 Å². The molecule has 1 aliphatic carbocycles. The maximum Gasteiger partial charge on any atom is 0.328 e. The van der Waals surface area contributed by atoms with Gasteiger partial charge in [0.25, 0.3) is 0 Å². The Morgan fingerprint density at radius 3 is 2.52 bits per heavy atom. The van der Waals surface area contributed by atoms with E-state index in [0.29, 0.717) is 5.57 Å². The molecule has 104 valence electrons. The summed E-state index contributed by atoms with van der Waals surface area (Å²) in [6.45, 7) is 0. The summed E-state index contributed by atoms with van der Waals surface area (Å²) in [5.74, 6) is -0.206. The number of benzene rings is 2. The van der Waals surface area contributed by atoms with Crippen molar-refractivity contribution in [3.05, 3.63) is 70.8 Å². The van der Waals surface area contributed by atoms with E-state index in [2.05, 4.69) is 0 Å². The van der Waals surface area contributed by atoms with Gasteiger partial charge in [0.05, 0.1) is 7.11 Å². The van der Waals surface area contributed by atoms with Crippen LogP contribution in [0.15, 0.2) is 48.5 Å². The first-order valence-corrected chi connectivity index (χ1v) is 6.59. The zero-order valence-corrected chi connectivity index (χ0v) is 11.5. The van der Waals surface area contributed by atoms with Crippen molar-refractivity contribution in [1.82, 2.24) is 0 Å². The van der Waals surface area contributed by atoms with Crippen LogP contribution in [-0.2, 0) is 4.79 Å². The number of carbonyl (C=O) groups is 1. The van der Waals surface area contributed by atoms with Gasteiger partial charge in [0, 0.05) is 6.08 Å². The lowest BCUT2D eigenvalue weighted by Gasteiger charge is -2.12. The topological polar surface area (TPSA) is 46.5 Å². The van der Waals surface area contributed by atoms with Gasteiger partial charge in [0.15, 0.2) is 0 Å². The van der Waals surface area contributed by atoms with Crippen LogP contribution in [-0.4, -0.2) is 18.2 Å². The quantitative estimate of drug-likeness (QED) is 0.727. The van der Waals surface area contributed by atoms with Gasteiger partial charge in [-0.2, -0.15) is 0 Å². The van der Waals surface area contributed by atoms with E-state index < -0.39 is 5.97 Å². The molecule has 0 fully saturated rings. The summed E-state index contributed by atoms with van der Waals surface area (Å²) in [5, 5.41) is 9.19. The molecule has 1 N–H and O–H groups in total. The van der Waals surface area contributed by atoms with Gasteiger partial charge < -0.3 is 9.84 Å². The van der Waals surface area contributed by atoms with Crippen LogP contribution < -0.4 is 4.74 Å². The molecule has 1 aliphatic rings. The summed E-state index contributed by atoms with van der Waals surface area (Å²) in [6.07, 6.45) is 5.24. The number of fused-ring (bicyclic) bond motifs is 2. The molecule has 2 aromatic carbocycles. The summed E-state index contributed by atoms with van der Waals surface area (Å²) >= 11 is 0. The second-order valence-corrected chi connectivity index (χ2v) is 4.77. The van der Waals surface area contributed by atoms with Crippen molar-refractivity contribution in [1.29, 1.82) is 0 Å². The third kappa shape index (κ3) is 2.46. The third-order valence-electron chi connectivity index (χ3n) is 3.51. The Morgan fingerprint density at radius 1 is 1.05 bits per heavy atom. The van der Waals surface area contributed by atoms with E-state index in [1.807, 2.05) is 54.6 Å². The van der Waals surface area contributed by atoms with Crippen LogP contribution in [0.3, 0.4) is 0 Å². The molecular formula is C18H14O3. The first-order chi connectivity index (χ1) is 10.2. The van der Waals surface area contributed by atoms with Crippen molar-refractivity contribution in [2.45, 2.75) is 0 Å². The molecule has 3 rings (SSSR count). The van der Waals surface area contributed by atoms with Crippen LogP contribution in [0.2, 0.25) is 0 Å². The number of rotatable bonds is 2. The minimum atomic E-state index is -0.955. The lowest BCUT2D eigenvalue weighted by atomic mass is 9.93. The standard InChI is InChI=1S/C18H14O3/c1-21-14-8-9-16-13(10-14)7-6-12-4-2-3-5-15(12)17(16)11-18(19)20/h2-11H,1H3,(H,19,20). The number of ether oxygens (including phenoxy) is 1. The molecule has 0 heterocycles. The smallest absolute Gasteiger partial charge is 0.328 e. The number of carboxylic acid groups (broad SMARTS) is 1. The number of methoxy groups -OCH3 is 1. The largest absolute Gasteiger partial charge is 0.497 e. The number of hydrogen-bond donors (Lipinski definition) is 1. The van der Waals surface area contributed by atoms with Crippen molar-refractivity contribution < 1.29 is 14.6 Å². The summed E-state index contributed by atoms with van der Waals surface area (Å²) in [6, 6.07) is 13.4. The number of carboxylic acids is 1. The summed E-state index contributed by atoms with van der Waals surface area (Å²) in [7, 11) is 1.62. The van der Waals surface area contributed by atoms with Crippen LogP contribution in [0.25, 0.3) is 17.7 Å². The van der Waals surface area contributed by atoms with Gasteiger partial charge in [0.1, 0.15) is 5.75 Å². The van der Waals surface area contributed by atoms with Gasteiger partial charge >= 0.3 is 5.97 Å². The van der Waals surface area contributed by atoms with Crippen LogP contribution >= 0.6 is 0 Å². The fourth-order valence-electron chi connectivity index (χ4n) is 2.54. The van der Waals surface area contributed by atoms with Crippen molar-refractivity contribution >= 4 is 23.7 Å². The lowest BCUT2D eigenvalue weighted by Crippen LogP contribution is -1.97. The SMILES string of the molecule is COc1ccc2c(c1)C=Cc1ccccc1C2=CC(=O)O. The Labute approximate surface area is 122 Å². The van der Waals surface area contributed by atoms with E-state index >= 15 is 0 Å². The second kappa shape index (κ2) is 5.29. The van der Waals surface area contributed by atoms with Crippen LogP contribution in [0.5, 0.6) is 5.75 Å². The lowest BCUT2D eigenvalue weighted by molar-refractivity contribution is -0.131. The molecule has 0 amide bonds. The molecule has 0 bridgehead atoms. The molecule has 0 aromatic heterocycles. The number of hydrogen-bond acceptors (Lipinski definition) is 2. The van der Waals surface area contributed by atoms with E-state index in [0.717, 1.165) is 28.0 Å². The summed E-state index contributed by atoms with van der Waals surface area (Å²) in [4.78, 5) is 11.2. The van der Waals surface area contributed by atoms with E-state index in [-0.39, 0.29) is 0 Å². The number of aliphatic carboxylic acids is 1. The molecule has 3 heteroatoms. The molecule has 2 aromatic rings. The van der Waals surface area contributed by atoms with Crippen molar-refractivity contribution in [3.63, 3.8) is 0 Å². The van der Waals surface area contributed by atoms with Gasteiger partial charge in [-0.3, -0.25) is 0 Å². The highest BCUT2D eigenvalue weighted by Gasteiger charge is 2.16. The zero-order chi connectivity index (χ0) is 14.8. The first-order valence-electron chi connectivity index (χ1n) is 6.59. The monoisotopic (exact) mass is 278 g/mol. The molecule has 0 saturated carbocycles. The normalized spacial score (nSPS) is 14.2. The van der Waals surface area contributed by atoms with Gasteiger partial charge in [-0.05, 0) is 40.0 Å². The predicted octanol–water partition coefficient (Wildman–Crippen LogP) is 3.70. The molecular weight excluding hydrogens is 264 g/mol. The van der Waals surface area contributed by atoms with Crippen LogP contribution in [0.1, 0.15) is 22.3 Å². The third-order valence-corrected chi connectivity index (χ3v) is 3.51. The van der Waals surface area contributed by atoms with E-state index in [1.54, 1.807) is 7.11 Å². The van der Waals surface area contributed by atoms with Gasteiger partial charge in [-0.25, -0.2) is 4.79 Å². The maximum absolute atomic E-state index is 11.2.